The largest absolute Gasteiger partial charge is 0.303 e. The van der Waals surface area contributed by atoms with Crippen molar-refractivity contribution < 1.29 is 4.79 Å². The quantitative estimate of drug-likeness (QED) is 0.672. The van der Waals surface area contributed by atoms with Gasteiger partial charge < -0.3 is 9.20 Å². The van der Waals surface area contributed by atoms with Crippen LogP contribution in [-0.4, -0.2) is 15.7 Å². The summed E-state index contributed by atoms with van der Waals surface area (Å²) in [5, 5.41) is 0. The summed E-state index contributed by atoms with van der Waals surface area (Å²) >= 11 is 0. The molecule has 0 bridgehead atoms. The first kappa shape index (κ1) is 8.94. The van der Waals surface area contributed by atoms with Gasteiger partial charge in [-0.3, -0.25) is 0 Å². The Morgan fingerprint density at radius 3 is 2.93 bits per heavy atom. The van der Waals surface area contributed by atoms with Gasteiger partial charge in [0.05, 0.1) is 11.2 Å². The van der Waals surface area contributed by atoms with Crippen LogP contribution in [0.15, 0.2) is 18.2 Å². The molecule has 0 amide bonds. The summed E-state index contributed by atoms with van der Waals surface area (Å²) in [6.45, 7) is 3.93. The maximum Gasteiger partial charge on any atom is 0.125 e. The van der Waals surface area contributed by atoms with Gasteiger partial charge in [0.15, 0.2) is 0 Å². The van der Waals surface area contributed by atoms with Crippen molar-refractivity contribution in [1.29, 1.82) is 0 Å². The van der Waals surface area contributed by atoms with Crippen LogP contribution < -0.4 is 0 Å². The van der Waals surface area contributed by atoms with Crippen LogP contribution in [0.1, 0.15) is 17.2 Å². The molecule has 0 spiro atoms. The molecule has 2 aromatic rings. The van der Waals surface area contributed by atoms with E-state index in [2.05, 4.69) is 4.98 Å². The van der Waals surface area contributed by atoms with Gasteiger partial charge in [-0.25, -0.2) is 4.98 Å². The number of nitrogens with zero attached hydrogens (tertiary/aromatic N) is 2. The second-order valence-corrected chi connectivity index (χ2v) is 3.35. The average molecular weight is 188 g/mol. The number of pyridine rings is 1. The average Bonchev–Trinajstić information content (AvgIpc) is 2.44. The van der Waals surface area contributed by atoms with E-state index in [9.17, 15) is 4.79 Å². The Balaban J connectivity index is 2.78. The molecule has 0 radical (unpaired) electrons. The van der Waals surface area contributed by atoms with Crippen molar-refractivity contribution in [3.63, 3.8) is 0 Å². The molecular weight excluding hydrogens is 176 g/mol. The molecule has 72 valence electrons. The lowest BCUT2D eigenvalue weighted by Crippen LogP contribution is -1.99. The Morgan fingerprint density at radius 1 is 1.43 bits per heavy atom. The van der Waals surface area contributed by atoms with E-state index < -0.39 is 0 Å². The molecule has 14 heavy (non-hydrogen) atoms. The van der Waals surface area contributed by atoms with Crippen molar-refractivity contribution in [3.05, 3.63) is 35.4 Å². The Morgan fingerprint density at radius 2 is 2.21 bits per heavy atom. The fourth-order valence-corrected chi connectivity index (χ4v) is 1.81. The Kier molecular flexibility index (Phi) is 2.08. The van der Waals surface area contributed by atoms with E-state index in [1.165, 1.54) is 0 Å². The summed E-state index contributed by atoms with van der Waals surface area (Å²) in [4.78, 5) is 14.9. The zero-order chi connectivity index (χ0) is 10.1. The molecule has 0 aromatic carbocycles. The van der Waals surface area contributed by atoms with Gasteiger partial charge >= 0.3 is 0 Å². The molecule has 3 heteroatoms. The zero-order valence-corrected chi connectivity index (χ0v) is 8.32. The Labute approximate surface area is 82.4 Å². The van der Waals surface area contributed by atoms with Crippen LogP contribution in [0.5, 0.6) is 0 Å². The molecule has 0 aliphatic carbocycles. The zero-order valence-electron chi connectivity index (χ0n) is 8.32. The molecule has 2 heterocycles. The molecule has 0 N–H and O–H groups in total. The number of imidazole rings is 1. The van der Waals surface area contributed by atoms with Gasteiger partial charge in [0.1, 0.15) is 12.1 Å². The number of rotatable bonds is 2. The molecular formula is C11H12N2O. The summed E-state index contributed by atoms with van der Waals surface area (Å²) in [5.74, 6) is 0.940. The Bertz CT molecular complexity index is 485. The number of carbonyl (C=O) groups excluding carboxylic acids is 1. The normalized spacial score (nSPS) is 10.7. The molecule has 0 fully saturated rings. The van der Waals surface area contributed by atoms with E-state index >= 15 is 0 Å². The smallest absolute Gasteiger partial charge is 0.125 e. The number of fused-ring (bicyclic) bond motifs is 1. The molecule has 0 aliphatic rings. The van der Waals surface area contributed by atoms with Crippen LogP contribution in [0.3, 0.4) is 0 Å². The molecule has 3 nitrogen and oxygen atoms in total. The highest BCUT2D eigenvalue weighted by Crippen LogP contribution is 2.14. The van der Waals surface area contributed by atoms with E-state index in [1.807, 2.05) is 36.4 Å². The SMILES string of the molecule is Cc1nc(C)n2c(CC=O)cccc12. The predicted molar refractivity (Wildman–Crippen MR) is 54.4 cm³/mol. The maximum absolute atomic E-state index is 10.5. The minimum Gasteiger partial charge on any atom is -0.303 e. The number of aldehydes is 1. The minimum atomic E-state index is 0.438. The van der Waals surface area contributed by atoms with Crippen LogP contribution >= 0.6 is 0 Å². The second-order valence-electron chi connectivity index (χ2n) is 3.35. The van der Waals surface area contributed by atoms with Crippen molar-refractivity contribution in [2.24, 2.45) is 0 Å². The molecule has 0 saturated heterocycles. The number of hydrogen-bond acceptors (Lipinski definition) is 2. The van der Waals surface area contributed by atoms with Crippen molar-refractivity contribution in [2.45, 2.75) is 20.3 Å². The van der Waals surface area contributed by atoms with E-state index in [-0.39, 0.29) is 0 Å². The van der Waals surface area contributed by atoms with E-state index in [0.717, 1.165) is 29.0 Å². The van der Waals surface area contributed by atoms with Crippen LogP contribution in [0.2, 0.25) is 0 Å². The third kappa shape index (κ3) is 1.21. The highest BCUT2D eigenvalue weighted by Gasteiger charge is 2.06. The third-order valence-corrected chi connectivity index (χ3v) is 2.39. The number of hydrogen-bond donors (Lipinski definition) is 0. The van der Waals surface area contributed by atoms with Crippen LogP contribution in [0.4, 0.5) is 0 Å². The second kappa shape index (κ2) is 3.25. The summed E-state index contributed by atoms with van der Waals surface area (Å²) in [5.41, 5.74) is 3.09. The van der Waals surface area contributed by atoms with Gasteiger partial charge in [-0.2, -0.15) is 0 Å². The molecule has 0 aliphatic heterocycles. The third-order valence-electron chi connectivity index (χ3n) is 2.39. The lowest BCUT2D eigenvalue weighted by Gasteiger charge is -2.03. The minimum absolute atomic E-state index is 0.438. The van der Waals surface area contributed by atoms with Crippen molar-refractivity contribution >= 4 is 11.8 Å². The van der Waals surface area contributed by atoms with Crippen molar-refractivity contribution in [3.8, 4) is 0 Å². The molecule has 2 aromatic heterocycles. The predicted octanol–water partition coefficient (Wildman–Crippen LogP) is 1.69. The standard InChI is InChI=1S/C11H12N2O/c1-8-11-5-3-4-10(6-7-14)13(11)9(2)12-8/h3-5,7H,6H2,1-2H3. The van der Waals surface area contributed by atoms with Crippen LogP contribution in [0.25, 0.3) is 5.52 Å². The first-order valence-electron chi connectivity index (χ1n) is 4.61. The first-order chi connectivity index (χ1) is 6.74. The van der Waals surface area contributed by atoms with Gasteiger partial charge in [-0.15, -0.1) is 0 Å². The van der Waals surface area contributed by atoms with E-state index in [4.69, 9.17) is 0 Å². The summed E-state index contributed by atoms with van der Waals surface area (Å²) in [6.07, 6.45) is 1.36. The number of aromatic nitrogens is 2. The molecule has 0 saturated carbocycles. The van der Waals surface area contributed by atoms with Gasteiger partial charge in [0.25, 0.3) is 0 Å². The number of aryl methyl sites for hydroxylation is 2. The lowest BCUT2D eigenvalue weighted by atomic mass is 10.2. The summed E-state index contributed by atoms with van der Waals surface area (Å²) in [6, 6.07) is 5.93. The Hall–Kier alpha value is -1.64. The summed E-state index contributed by atoms with van der Waals surface area (Å²) < 4.78 is 2.03. The first-order valence-corrected chi connectivity index (χ1v) is 4.61. The molecule has 2 rings (SSSR count). The van der Waals surface area contributed by atoms with Gasteiger partial charge in [0.2, 0.25) is 0 Å². The van der Waals surface area contributed by atoms with Gasteiger partial charge in [-0.1, -0.05) is 6.07 Å². The van der Waals surface area contributed by atoms with Crippen LogP contribution in [0, 0.1) is 13.8 Å². The highest BCUT2D eigenvalue weighted by molar-refractivity contribution is 5.58. The molecule has 0 atom stereocenters. The van der Waals surface area contributed by atoms with E-state index in [0.29, 0.717) is 6.42 Å². The van der Waals surface area contributed by atoms with Crippen LogP contribution in [-0.2, 0) is 11.2 Å². The fraction of sp³-hybridized carbons (Fsp3) is 0.273. The highest BCUT2D eigenvalue weighted by atomic mass is 16.1. The fourth-order valence-electron chi connectivity index (χ4n) is 1.81. The van der Waals surface area contributed by atoms with Gasteiger partial charge in [0, 0.05) is 12.1 Å². The van der Waals surface area contributed by atoms with Crippen molar-refractivity contribution in [2.75, 3.05) is 0 Å². The summed E-state index contributed by atoms with van der Waals surface area (Å²) in [7, 11) is 0. The van der Waals surface area contributed by atoms with Gasteiger partial charge in [-0.05, 0) is 26.0 Å². The topological polar surface area (TPSA) is 34.4 Å². The monoisotopic (exact) mass is 188 g/mol. The number of carbonyl (C=O) groups is 1. The van der Waals surface area contributed by atoms with Crippen molar-refractivity contribution in [1.82, 2.24) is 9.38 Å². The maximum atomic E-state index is 10.5. The lowest BCUT2D eigenvalue weighted by molar-refractivity contribution is -0.107. The van der Waals surface area contributed by atoms with E-state index in [1.54, 1.807) is 0 Å². The molecule has 0 unspecified atom stereocenters.